The van der Waals surface area contributed by atoms with Crippen LogP contribution < -0.4 is 17.0 Å². The number of nitrogens with two attached hydrogens (primary N) is 1. The van der Waals surface area contributed by atoms with Crippen LogP contribution in [0.5, 0.6) is 0 Å². The first kappa shape index (κ1) is 17.1. The van der Waals surface area contributed by atoms with Crippen LogP contribution in [0.25, 0.3) is 11.2 Å². The van der Waals surface area contributed by atoms with Crippen LogP contribution in [-0.4, -0.2) is 54.3 Å². The van der Waals surface area contributed by atoms with E-state index in [9.17, 15) is 19.1 Å². The van der Waals surface area contributed by atoms with Crippen LogP contribution in [0.3, 0.4) is 0 Å². The van der Waals surface area contributed by atoms with E-state index in [0.717, 1.165) is 9.13 Å². The third-order valence-corrected chi connectivity index (χ3v) is 4.00. The molecule has 3 heterocycles. The zero-order valence-electron chi connectivity index (χ0n) is 12.8. The molecule has 25 heavy (non-hydrogen) atoms. The van der Waals surface area contributed by atoms with E-state index in [1.54, 1.807) is 0 Å². The summed E-state index contributed by atoms with van der Waals surface area (Å²) in [6, 6.07) is 1.85. The number of alkyl halides is 1. The zero-order chi connectivity index (χ0) is 18.3. The number of anilines is 1. The average molecular weight is 354 g/mol. The second-order valence-electron chi connectivity index (χ2n) is 5.52. The van der Waals surface area contributed by atoms with Crippen LogP contribution in [0.2, 0.25) is 0 Å². The van der Waals surface area contributed by atoms with E-state index in [-0.39, 0.29) is 30.1 Å². The van der Waals surface area contributed by atoms with Crippen molar-refractivity contribution in [1.29, 1.82) is 5.26 Å². The summed E-state index contributed by atoms with van der Waals surface area (Å²) in [7, 11) is 0. The van der Waals surface area contributed by atoms with E-state index >= 15 is 0 Å². The molecule has 0 unspecified atom stereocenters. The first-order valence-electron chi connectivity index (χ1n) is 7.36. The normalized spacial score (nSPS) is 26.2. The lowest BCUT2D eigenvalue weighted by molar-refractivity contribution is -0.0513. The number of hydrogen-bond donors (Lipinski definition) is 4. The minimum absolute atomic E-state index is 0.0675. The molecule has 0 saturated carbocycles. The smallest absolute Gasteiger partial charge is 0.332 e. The van der Waals surface area contributed by atoms with Gasteiger partial charge in [0, 0.05) is 6.54 Å². The Morgan fingerprint density at radius 1 is 1.48 bits per heavy atom. The number of nitrogens with zero attached hydrogens (tertiary/aromatic N) is 4. The Bertz CT molecular complexity index is 959. The monoisotopic (exact) mass is 354 g/mol. The molecule has 4 atom stereocenters. The van der Waals surface area contributed by atoms with E-state index in [1.165, 1.54) is 0 Å². The summed E-state index contributed by atoms with van der Waals surface area (Å²) >= 11 is 0. The number of hydrogen-bond acceptors (Lipinski definition) is 8. The maximum absolute atomic E-state index is 14.0. The average Bonchev–Trinajstić information content (AvgIpc) is 3.00. The summed E-state index contributed by atoms with van der Waals surface area (Å²) in [6.07, 6.45) is -6.59. The molecule has 12 heteroatoms. The predicted molar refractivity (Wildman–Crippen MR) is 81.2 cm³/mol. The van der Waals surface area contributed by atoms with Gasteiger partial charge in [0.15, 0.2) is 23.6 Å². The molecule has 2 aromatic rings. The van der Waals surface area contributed by atoms with Crippen LogP contribution >= 0.6 is 0 Å². The summed E-state index contributed by atoms with van der Waals surface area (Å²) in [6.45, 7) is -0.814. The largest absolute Gasteiger partial charge is 0.394 e. The van der Waals surface area contributed by atoms with Crippen LogP contribution in [0.1, 0.15) is 12.6 Å². The Morgan fingerprint density at radius 3 is 2.80 bits per heavy atom. The third kappa shape index (κ3) is 2.58. The van der Waals surface area contributed by atoms with Crippen molar-refractivity contribution in [2.75, 3.05) is 12.3 Å². The van der Waals surface area contributed by atoms with Crippen molar-refractivity contribution in [3.8, 4) is 6.07 Å². The quantitative estimate of drug-likeness (QED) is 0.486. The number of ether oxygens (including phenoxy) is 1. The Hall–Kier alpha value is -2.75. The van der Waals surface area contributed by atoms with E-state index in [2.05, 4.69) is 9.97 Å². The molecule has 2 aromatic heterocycles. The van der Waals surface area contributed by atoms with Gasteiger partial charge in [0.1, 0.15) is 12.2 Å². The lowest BCUT2D eigenvalue weighted by Gasteiger charge is -2.15. The molecule has 0 bridgehead atoms. The Balaban J connectivity index is 2.25. The van der Waals surface area contributed by atoms with Crippen LogP contribution in [0.4, 0.5) is 10.3 Å². The first-order valence-corrected chi connectivity index (χ1v) is 7.36. The van der Waals surface area contributed by atoms with Gasteiger partial charge in [-0.2, -0.15) is 10.2 Å². The number of aromatic nitrogens is 4. The lowest BCUT2D eigenvalue weighted by Crippen LogP contribution is -2.34. The summed E-state index contributed by atoms with van der Waals surface area (Å²) in [4.78, 5) is 31.0. The topological polar surface area (TPSA) is 172 Å². The number of halogens is 1. The highest BCUT2D eigenvalue weighted by Gasteiger charge is 2.46. The summed E-state index contributed by atoms with van der Waals surface area (Å²) in [5, 5.41) is 27.9. The van der Waals surface area contributed by atoms with E-state index in [4.69, 9.17) is 20.8 Å². The fourth-order valence-corrected chi connectivity index (χ4v) is 2.87. The number of imidazole rings is 1. The Kier molecular flexibility index (Phi) is 4.29. The van der Waals surface area contributed by atoms with Crippen molar-refractivity contribution in [3.05, 3.63) is 20.8 Å². The molecule has 1 fully saturated rings. The molecule has 0 amide bonds. The Labute approximate surface area is 138 Å². The minimum Gasteiger partial charge on any atom is -0.394 e. The van der Waals surface area contributed by atoms with E-state index in [0.29, 0.717) is 0 Å². The summed E-state index contributed by atoms with van der Waals surface area (Å²) in [5.41, 5.74) is 3.58. The van der Waals surface area contributed by atoms with Gasteiger partial charge >= 0.3 is 5.69 Å². The first-order chi connectivity index (χ1) is 11.9. The van der Waals surface area contributed by atoms with Crippen LogP contribution in [0.15, 0.2) is 9.59 Å². The lowest BCUT2D eigenvalue weighted by atomic mass is 10.1. The number of nitrogens with one attached hydrogen (secondary N) is 1. The number of H-pyrrole nitrogens is 1. The minimum atomic E-state index is -1.93. The standard InChI is InChI=1S/C13H15FN6O5/c14-6-5(4-21)25-11(8(6)22)20-9-7(10(23)18-12(16)17-9)19(13(20)24)3-1-2-15/h5-6,8,11,21-22H,1,3-4H2,(H3,16,17,18,23)/t5-,6-,8-,11-/m1/s1. The molecular formula is C13H15FN6O5. The molecule has 134 valence electrons. The number of aromatic amines is 1. The number of nitriles is 1. The fourth-order valence-electron chi connectivity index (χ4n) is 2.87. The van der Waals surface area contributed by atoms with Crippen molar-refractivity contribution in [1.82, 2.24) is 19.1 Å². The molecule has 0 radical (unpaired) electrons. The molecular weight excluding hydrogens is 339 g/mol. The van der Waals surface area contributed by atoms with Gasteiger partial charge in [0.05, 0.1) is 19.1 Å². The summed E-state index contributed by atoms with van der Waals surface area (Å²) < 4.78 is 21.0. The van der Waals surface area contributed by atoms with Crippen molar-refractivity contribution in [3.63, 3.8) is 0 Å². The van der Waals surface area contributed by atoms with Crippen LogP contribution in [0, 0.1) is 11.3 Å². The molecule has 0 spiro atoms. The molecule has 0 aliphatic carbocycles. The number of aliphatic hydroxyl groups is 2. The highest BCUT2D eigenvalue weighted by molar-refractivity contribution is 5.71. The number of fused-ring (bicyclic) bond motifs is 1. The molecule has 3 rings (SSSR count). The second-order valence-corrected chi connectivity index (χ2v) is 5.52. The van der Waals surface area contributed by atoms with Crippen molar-refractivity contribution >= 4 is 17.1 Å². The predicted octanol–water partition coefficient (Wildman–Crippen LogP) is -2.03. The molecule has 0 aromatic carbocycles. The summed E-state index contributed by atoms with van der Waals surface area (Å²) in [5.74, 6) is -0.285. The number of rotatable bonds is 4. The molecule has 11 nitrogen and oxygen atoms in total. The SMILES string of the molecule is N#CCCn1c(=O)n([C@@H]2O[C@H](CO)[C@@H](F)[C@H]2O)c2nc(N)[nH]c(=O)c21. The molecule has 1 aliphatic heterocycles. The van der Waals surface area contributed by atoms with Gasteiger partial charge in [-0.05, 0) is 0 Å². The highest BCUT2D eigenvalue weighted by Crippen LogP contribution is 2.32. The van der Waals surface area contributed by atoms with Gasteiger partial charge in [-0.15, -0.1) is 0 Å². The molecule has 1 saturated heterocycles. The third-order valence-electron chi connectivity index (χ3n) is 4.00. The number of aryl methyl sites for hydroxylation is 1. The molecule has 1 aliphatic rings. The van der Waals surface area contributed by atoms with E-state index < -0.39 is 42.5 Å². The maximum atomic E-state index is 14.0. The van der Waals surface area contributed by atoms with Gasteiger partial charge in [-0.3, -0.25) is 14.3 Å². The number of aliphatic hydroxyl groups excluding tert-OH is 2. The van der Waals surface area contributed by atoms with Crippen molar-refractivity contribution in [2.24, 2.45) is 0 Å². The van der Waals surface area contributed by atoms with Gasteiger partial charge in [-0.25, -0.2) is 13.8 Å². The second kappa shape index (κ2) is 6.28. The van der Waals surface area contributed by atoms with Crippen molar-refractivity contribution in [2.45, 2.75) is 37.6 Å². The van der Waals surface area contributed by atoms with Gasteiger partial charge in [0.25, 0.3) is 5.56 Å². The van der Waals surface area contributed by atoms with E-state index in [1.807, 2.05) is 6.07 Å². The van der Waals surface area contributed by atoms with Crippen LogP contribution in [-0.2, 0) is 11.3 Å². The molecule has 5 N–H and O–H groups in total. The maximum Gasteiger partial charge on any atom is 0.332 e. The van der Waals surface area contributed by atoms with Gasteiger partial charge in [-0.1, -0.05) is 0 Å². The van der Waals surface area contributed by atoms with Gasteiger partial charge < -0.3 is 20.7 Å². The highest BCUT2D eigenvalue weighted by atomic mass is 19.1. The van der Waals surface area contributed by atoms with Gasteiger partial charge in [0.2, 0.25) is 5.95 Å². The number of nitrogen functional groups attached to an aromatic ring is 1. The fraction of sp³-hybridized carbons (Fsp3) is 0.538. The van der Waals surface area contributed by atoms with Crippen molar-refractivity contribution < 1.29 is 19.3 Å². The Morgan fingerprint density at radius 2 is 2.20 bits per heavy atom. The zero-order valence-corrected chi connectivity index (χ0v) is 12.8.